The maximum atomic E-state index is 13.9. The molecule has 0 heterocycles. The molecule has 0 bridgehead atoms. The van der Waals surface area contributed by atoms with E-state index < -0.39 is 23.4 Å². The highest BCUT2D eigenvalue weighted by atomic mass is 35.5. The summed E-state index contributed by atoms with van der Waals surface area (Å²) in [6.07, 6.45) is 5.14. The maximum absolute atomic E-state index is 13.9. The number of amides is 2. The summed E-state index contributed by atoms with van der Waals surface area (Å²) >= 11 is 12.0. The highest BCUT2D eigenvalue weighted by Gasteiger charge is 2.09. The molecule has 0 fully saturated rings. The van der Waals surface area contributed by atoms with Crippen molar-refractivity contribution in [1.82, 2.24) is 0 Å². The molecule has 8 heteroatoms. The number of carbonyl (C=O) groups excluding carboxylic acids is 2. The fourth-order valence-corrected chi connectivity index (χ4v) is 4.43. The topological polar surface area (TPSA) is 58.2 Å². The van der Waals surface area contributed by atoms with Crippen molar-refractivity contribution >= 4 is 58.5 Å². The Bertz CT molecular complexity index is 1500. The zero-order valence-electron chi connectivity index (χ0n) is 21.6. The first kappa shape index (κ1) is 28.7. The number of aryl methyl sites for hydroxylation is 2. The summed E-state index contributed by atoms with van der Waals surface area (Å²) < 4.78 is 27.9. The molecule has 0 unspecified atom stereocenters. The van der Waals surface area contributed by atoms with Crippen LogP contribution in [0.1, 0.15) is 22.3 Å². The number of nitrogens with one attached hydrogen (secondary N) is 2. The molecule has 0 aliphatic heterocycles. The van der Waals surface area contributed by atoms with Gasteiger partial charge in [0.05, 0.1) is 10.0 Å². The van der Waals surface area contributed by atoms with Crippen LogP contribution in [0.2, 0.25) is 10.0 Å². The minimum absolute atomic E-state index is 0.145. The van der Waals surface area contributed by atoms with Crippen LogP contribution in [0.4, 0.5) is 20.2 Å². The molecule has 2 amide bonds. The van der Waals surface area contributed by atoms with Gasteiger partial charge in [-0.1, -0.05) is 47.5 Å². The van der Waals surface area contributed by atoms with Crippen LogP contribution in [0.3, 0.4) is 0 Å². The van der Waals surface area contributed by atoms with Crippen molar-refractivity contribution in [3.8, 4) is 11.1 Å². The van der Waals surface area contributed by atoms with Gasteiger partial charge >= 0.3 is 0 Å². The average molecular weight is 577 g/mol. The Morgan fingerprint density at radius 3 is 1.40 bits per heavy atom. The fourth-order valence-electron chi connectivity index (χ4n) is 3.97. The van der Waals surface area contributed by atoms with E-state index in [9.17, 15) is 18.4 Å². The van der Waals surface area contributed by atoms with E-state index in [1.54, 1.807) is 24.3 Å². The molecule has 40 heavy (non-hydrogen) atoms. The zero-order valence-corrected chi connectivity index (χ0v) is 23.1. The molecule has 4 aromatic rings. The summed E-state index contributed by atoms with van der Waals surface area (Å²) in [6.45, 7) is 3.73. The van der Waals surface area contributed by atoms with Gasteiger partial charge in [0, 0.05) is 34.7 Å². The standard InChI is InChI=1S/C32H24Cl2F2N2O2/c1-19-17-21(9-13-29(19)37-31(39)15-11-23-25(33)5-3-7-27(23)35)22-10-14-30(20(2)18-22)38-32(40)16-12-24-26(34)6-4-8-28(24)36/h3-18H,1-2H3,(H,37,39)(H,38,40)/b15-11+,16-12+. The average Bonchev–Trinajstić information content (AvgIpc) is 2.90. The molecule has 2 N–H and O–H groups in total. The Morgan fingerprint density at radius 2 is 1.05 bits per heavy atom. The van der Waals surface area contributed by atoms with Crippen molar-refractivity contribution in [1.29, 1.82) is 0 Å². The predicted octanol–water partition coefficient (Wildman–Crippen LogP) is 8.86. The fraction of sp³-hybridized carbons (Fsp3) is 0.0625. The highest BCUT2D eigenvalue weighted by molar-refractivity contribution is 6.32. The molecular formula is C32H24Cl2F2N2O2. The van der Waals surface area contributed by atoms with E-state index >= 15 is 0 Å². The van der Waals surface area contributed by atoms with E-state index in [2.05, 4.69) is 10.6 Å². The van der Waals surface area contributed by atoms with Gasteiger partial charge in [-0.05, 0) is 96.8 Å². The Morgan fingerprint density at radius 1 is 0.650 bits per heavy atom. The lowest BCUT2D eigenvalue weighted by atomic mass is 10.00. The Labute approximate surface area is 241 Å². The van der Waals surface area contributed by atoms with Crippen LogP contribution in [-0.2, 0) is 9.59 Å². The molecule has 0 aromatic heterocycles. The van der Waals surface area contributed by atoms with Crippen LogP contribution >= 0.6 is 23.2 Å². The van der Waals surface area contributed by atoms with Crippen LogP contribution < -0.4 is 10.6 Å². The van der Waals surface area contributed by atoms with E-state index in [0.29, 0.717) is 11.4 Å². The van der Waals surface area contributed by atoms with Gasteiger partial charge in [-0.15, -0.1) is 0 Å². The SMILES string of the molecule is Cc1cc(-c2ccc(NC(=O)/C=C/c3c(F)cccc3Cl)c(C)c2)ccc1NC(=O)/C=C/c1c(F)cccc1Cl. The van der Waals surface area contributed by atoms with E-state index in [1.807, 2.05) is 38.1 Å². The quantitative estimate of drug-likeness (QED) is 0.216. The van der Waals surface area contributed by atoms with E-state index in [1.165, 1.54) is 48.6 Å². The number of halogens is 4. The normalized spacial score (nSPS) is 11.2. The lowest BCUT2D eigenvalue weighted by molar-refractivity contribution is -0.112. The largest absolute Gasteiger partial charge is 0.322 e. The second-order valence-corrected chi connectivity index (χ2v) is 9.79. The minimum Gasteiger partial charge on any atom is -0.322 e. The molecule has 0 aliphatic carbocycles. The number of anilines is 2. The van der Waals surface area contributed by atoms with Crippen LogP contribution in [0.15, 0.2) is 84.9 Å². The molecule has 4 aromatic carbocycles. The summed E-state index contributed by atoms with van der Waals surface area (Å²) in [7, 11) is 0. The number of carbonyl (C=O) groups is 2. The van der Waals surface area contributed by atoms with Gasteiger partial charge in [-0.25, -0.2) is 8.78 Å². The van der Waals surface area contributed by atoms with Gasteiger partial charge in [0.1, 0.15) is 11.6 Å². The number of hydrogen-bond donors (Lipinski definition) is 2. The molecule has 4 nitrogen and oxygen atoms in total. The van der Waals surface area contributed by atoms with Gasteiger partial charge in [0.15, 0.2) is 0 Å². The lowest BCUT2D eigenvalue weighted by Gasteiger charge is -2.12. The highest BCUT2D eigenvalue weighted by Crippen LogP contribution is 2.29. The summed E-state index contributed by atoms with van der Waals surface area (Å²) in [5.74, 6) is -1.86. The first-order chi connectivity index (χ1) is 19.1. The lowest BCUT2D eigenvalue weighted by Crippen LogP contribution is -2.09. The van der Waals surface area contributed by atoms with Crippen molar-refractivity contribution in [2.75, 3.05) is 10.6 Å². The molecule has 0 atom stereocenters. The van der Waals surface area contributed by atoms with E-state index in [-0.39, 0.29) is 21.2 Å². The van der Waals surface area contributed by atoms with Gasteiger partial charge < -0.3 is 10.6 Å². The summed E-state index contributed by atoms with van der Waals surface area (Å²) in [6, 6.07) is 19.8. The maximum Gasteiger partial charge on any atom is 0.248 e. The second-order valence-electron chi connectivity index (χ2n) is 8.98. The molecule has 0 spiro atoms. The monoisotopic (exact) mass is 576 g/mol. The predicted molar refractivity (Wildman–Crippen MR) is 159 cm³/mol. The number of hydrogen-bond acceptors (Lipinski definition) is 2. The molecule has 4 rings (SSSR count). The summed E-state index contributed by atoms with van der Waals surface area (Å²) in [4.78, 5) is 24.8. The third kappa shape index (κ3) is 7.03. The van der Waals surface area contributed by atoms with Crippen molar-refractivity contribution < 1.29 is 18.4 Å². The summed E-state index contributed by atoms with van der Waals surface area (Å²) in [5, 5.41) is 6.02. The molecule has 0 saturated carbocycles. The van der Waals surface area contributed by atoms with Crippen LogP contribution in [-0.4, -0.2) is 11.8 Å². The number of rotatable bonds is 7. The molecule has 0 aliphatic rings. The van der Waals surface area contributed by atoms with Crippen LogP contribution in [0.5, 0.6) is 0 Å². The molecule has 0 radical (unpaired) electrons. The Hall–Kier alpha value is -4.26. The van der Waals surface area contributed by atoms with Crippen molar-refractivity contribution in [2.45, 2.75) is 13.8 Å². The van der Waals surface area contributed by atoms with Crippen LogP contribution in [0.25, 0.3) is 23.3 Å². The number of benzene rings is 4. The van der Waals surface area contributed by atoms with Crippen molar-refractivity contribution in [2.24, 2.45) is 0 Å². The van der Waals surface area contributed by atoms with Gasteiger partial charge in [-0.3, -0.25) is 9.59 Å². The smallest absolute Gasteiger partial charge is 0.248 e. The molecule has 0 saturated heterocycles. The van der Waals surface area contributed by atoms with Gasteiger partial charge in [0.2, 0.25) is 11.8 Å². The third-order valence-corrected chi connectivity index (χ3v) is 6.76. The molecule has 202 valence electrons. The Balaban J connectivity index is 1.43. The summed E-state index contributed by atoms with van der Waals surface area (Å²) in [5.41, 5.74) is 5.00. The minimum atomic E-state index is -0.512. The third-order valence-electron chi connectivity index (χ3n) is 6.10. The Kier molecular flexibility index (Phi) is 9.15. The van der Waals surface area contributed by atoms with E-state index in [4.69, 9.17) is 23.2 Å². The van der Waals surface area contributed by atoms with Crippen molar-refractivity contribution in [3.05, 3.63) is 129 Å². The zero-order chi connectivity index (χ0) is 28.8. The van der Waals surface area contributed by atoms with Gasteiger partial charge in [-0.2, -0.15) is 0 Å². The first-order valence-electron chi connectivity index (χ1n) is 12.2. The van der Waals surface area contributed by atoms with E-state index in [0.717, 1.165) is 22.3 Å². The second kappa shape index (κ2) is 12.7. The van der Waals surface area contributed by atoms with Crippen molar-refractivity contribution in [3.63, 3.8) is 0 Å². The van der Waals surface area contributed by atoms with Crippen LogP contribution in [0, 0.1) is 25.5 Å². The molecular weight excluding hydrogens is 553 g/mol. The first-order valence-corrected chi connectivity index (χ1v) is 13.0. The van der Waals surface area contributed by atoms with Gasteiger partial charge in [0.25, 0.3) is 0 Å².